The molecule has 0 heterocycles. The monoisotopic (exact) mass is 459 g/mol. The standard InChI is InChI=1S/C24H29NO6S/c1-5-25(6-2)23(26)14-17(3)20-12-13-22(21(15-20)31-16-24(27)28)32(29,30)18(4)19-10-8-7-9-11-19/h7-15,18H,5-6,16H2,1-4H3,(H,27,28). The van der Waals surface area contributed by atoms with Crippen molar-refractivity contribution in [2.75, 3.05) is 19.7 Å². The van der Waals surface area contributed by atoms with Gasteiger partial charge in [-0.25, -0.2) is 13.2 Å². The zero-order chi connectivity index (χ0) is 23.9. The maximum Gasteiger partial charge on any atom is 0.341 e. The Hall–Kier alpha value is -3.13. The fourth-order valence-corrected chi connectivity index (χ4v) is 4.78. The van der Waals surface area contributed by atoms with Crippen LogP contribution in [0.3, 0.4) is 0 Å². The van der Waals surface area contributed by atoms with E-state index in [0.717, 1.165) is 0 Å². The van der Waals surface area contributed by atoms with Crippen molar-refractivity contribution in [3.05, 3.63) is 65.7 Å². The summed E-state index contributed by atoms with van der Waals surface area (Å²) in [6, 6.07) is 13.2. The summed E-state index contributed by atoms with van der Waals surface area (Å²) < 4.78 is 32.0. The third-order valence-electron chi connectivity index (χ3n) is 5.21. The molecule has 0 saturated heterocycles. The lowest BCUT2D eigenvalue weighted by atomic mass is 10.1. The van der Waals surface area contributed by atoms with Gasteiger partial charge in [0.2, 0.25) is 5.91 Å². The minimum Gasteiger partial charge on any atom is -0.481 e. The zero-order valence-corrected chi connectivity index (χ0v) is 19.6. The summed E-state index contributed by atoms with van der Waals surface area (Å²) in [5.74, 6) is -1.44. The average molecular weight is 460 g/mol. The van der Waals surface area contributed by atoms with Gasteiger partial charge in [0.05, 0.1) is 5.25 Å². The maximum atomic E-state index is 13.3. The number of carbonyl (C=O) groups is 2. The molecule has 1 unspecified atom stereocenters. The number of hydrogen-bond donors (Lipinski definition) is 1. The van der Waals surface area contributed by atoms with E-state index < -0.39 is 27.7 Å². The topological polar surface area (TPSA) is 101 Å². The SMILES string of the molecule is CCN(CC)C(=O)C=C(C)c1ccc(S(=O)(=O)C(C)c2ccccc2)c(OCC(=O)O)c1. The highest BCUT2D eigenvalue weighted by Crippen LogP contribution is 2.35. The molecule has 1 amide bonds. The second-order valence-corrected chi connectivity index (χ2v) is 9.52. The number of allylic oxidation sites excluding steroid dienone is 1. The van der Waals surface area contributed by atoms with Gasteiger partial charge in [-0.05, 0) is 56.5 Å². The summed E-state index contributed by atoms with van der Waals surface area (Å²) in [6.45, 7) is 7.53. The lowest BCUT2D eigenvalue weighted by Gasteiger charge is -2.18. The second-order valence-electron chi connectivity index (χ2n) is 7.28. The first-order valence-electron chi connectivity index (χ1n) is 10.4. The third kappa shape index (κ3) is 5.97. The largest absolute Gasteiger partial charge is 0.481 e. The molecule has 0 fully saturated rings. The molecule has 0 radical (unpaired) electrons. The molecule has 32 heavy (non-hydrogen) atoms. The number of hydrogen-bond acceptors (Lipinski definition) is 5. The van der Waals surface area contributed by atoms with E-state index in [9.17, 15) is 18.0 Å². The number of amides is 1. The molecular weight excluding hydrogens is 430 g/mol. The Labute approximate surface area is 189 Å². The summed E-state index contributed by atoms with van der Waals surface area (Å²) in [5.41, 5.74) is 1.79. The van der Waals surface area contributed by atoms with E-state index in [2.05, 4.69) is 0 Å². The molecule has 0 aliphatic carbocycles. The van der Waals surface area contributed by atoms with Crippen molar-refractivity contribution in [2.24, 2.45) is 0 Å². The molecule has 2 aromatic carbocycles. The quantitative estimate of drug-likeness (QED) is 0.540. The summed E-state index contributed by atoms with van der Waals surface area (Å²) in [7, 11) is -3.87. The molecule has 0 spiro atoms. The van der Waals surface area contributed by atoms with Crippen LogP contribution >= 0.6 is 0 Å². The highest BCUT2D eigenvalue weighted by molar-refractivity contribution is 7.91. The van der Waals surface area contributed by atoms with Crippen LogP contribution in [0.5, 0.6) is 5.75 Å². The minimum atomic E-state index is -3.87. The fourth-order valence-electron chi connectivity index (χ4n) is 3.23. The molecule has 0 bridgehead atoms. The first-order valence-corrected chi connectivity index (χ1v) is 11.9. The number of aliphatic carboxylic acids is 1. The van der Waals surface area contributed by atoms with Gasteiger partial charge in [0.15, 0.2) is 16.4 Å². The molecule has 0 saturated carbocycles. The normalized spacial score (nSPS) is 12.8. The van der Waals surface area contributed by atoms with Crippen LogP contribution in [0.4, 0.5) is 0 Å². The zero-order valence-electron chi connectivity index (χ0n) is 18.7. The number of sulfone groups is 1. The van der Waals surface area contributed by atoms with Crippen LogP contribution in [0.15, 0.2) is 59.5 Å². The molecule has 1 N–H and O–H groups in total. The lowest BCUT2D eigenvalue weighted by molar-refractivity contribution is -0.139. The molecule has 0 aromatic heterocycles. The summed E-state index contributed by atoms with van der Waals surface area (Å²) in [4.78, 5) is 25.0. The van der Waals surface area contributed by atoms with Crippen LogP contribution in [0.1, 0.15) is 44.1 Å². The van der Waals surface area contributed by atoms with Gasteiger partial charge in [-0.1, -0.05) is 36.4 Å². The maximum absolute atomic E-state index is 13.3. The van der Waals surface area contributed by atoms with Gasteiger partial charge in [-0.2, -0.15) is 0 Å². The Bertz CT molecular complexity index is 1090. The fraction of sp³-hybridized carbons (Fsp3) is 0.333. The first kappa shape index (κ1) is 25.1. The highest BCUT2D eigenvalue weighted by Gasteiger charge is 2.28. The first-order chi connectivity index (χ1) is 15.1. The molecule has 8 heteroatoms. The van der Waals surface area contributed by atoms with Gasteiger partial charge in [0, 0.05) is 19.2 Å². The summed E-state index contributed by atoms with van der Waals surface area (Å²) in [6.07, 6.45) is 1.48. The van der Waals surface area contributed by atoms with E-state index in [1.165, 1.54) is 18.2 Å². The van der Waals surface area contributed by atoms with Crippen molar-refractivity contribution in [3.8, 4) is 5.75 Å². The van der Waals surface area contributed by atoms with Gasteiger partial charge in [0.1, 0.15) is 10.6 Å². The smallest absolute Gasteiger partial charge is 0.341 e. The molecule has 0 aliphatic rings. The summed E-state index contributed by atoms with van der Waals surface area (Å²) in [5, 5.41) is 8.17. The van der Waals surface area contributed by atoms with Crippen LogP contribution in [-0.4, -0.2) is 50.0 Å². The van der Waals surface area contributed by atoms with E-state index in [4.69, 9.17) is 9.84 Å². The number of nitrogens with zero attached hydrogens (tertiary/aromatic N) is 1. The van der Waals surface area contributed by atoms with Crippen molar-refractivity contribution in [1.29, 1.82) is 0 Å². The minimum absolute atomic E-state index is 0.0595. The molecule has 0 aliphatic heterocycles. The second kappa shape index (κ2) is 10.9. The van der Waals surface area contributed by atoms with E-state index in [1.807, 2.05) is 13.8 Å². The Morgan fingerprint density at radius 3 is 2.28 bits per heavy atom. The van der Waals surface area contributed by atoms with Crippen LogP contribution in [0.25, 0.3) is 5.57 Å². The van der Waals surface area contributed by atoms with Crippen molar-refractivity contribution < 1.29 is 27.9 Å². The predicted molar refractivity (Wildman–Crippen MR) is 123 cm³/mol. The van der Waals surface area contributed by atoms with Crippen molar-refractivity contribution in [3.63, 3.8) is 0 Å². The number of carboxylic acids is 1. The number of ether oxygens (including phenoxy) is 1. The van der Waals surface area contributed by atoms with Crippen LogP contribution < -0.4 is 4.74 Å². The molecule has 2 rings (SSSR count). The molecule has 2 aromatic rings. The van der Waals surface area contributed by atoms with Crippen molar-refractivity contribution in [2.45, 2.75) is 37.8 Å². The number of carboxylic acid groups (broad SMARTS) is 1. The number of rotatable bonds is 10. The number of benzene rings is 2. The van der Waals surface area contributed by atoms with Gasteiger partial charge >= 0.3 is 5.97 Å². The number of likely N-dealkylation sites (N-methyl/N-ethyl adjacent to an activating group) is 1. The lowest BCUT2D eigenvalue weighted by Crippen LogP contribution is -2.28. The van der Waals surface area contributed by atoms with Crippen LogP contribution in [-0.2, 0) is 19.4 Å². The van der Waals surface area contributed by atoms with E-state index in [0.29, 0.717) is 29.8 Å². The highest BCUT2D eigenvalue weighted by atomic mass is 32.2. The van der Waals surface area contributed by atoms with E-state index >= 15 is 0 Å². The van der Waals surface area contributed by atoms with E-state index in [1.54, 1.807) is 55.1 Å². The number of carbonyl (C=O) groups excluding carboxylic acids is 1. The van der Waals surface area contributed by atoms with Crippen LogP contribution in [0, 0.1) is 0 Å². The van der Waals surface area contributed by atoms with Gasteiger partial charge in [-0.3, -0.25) is 4.79 Å². The van der Waals surface area contributed by atoms with Crippen LogP contribution in [0.2, 0.25) is 0 Å². The van der Waals surface area contributed by atoms with Crippen molar-refractivity contribution in [1.82, 2.24) is 4.90 Å². The van der Waals surface area contributed by atoms with Gasteiger partial charge in [0.25, 0.3) is 0 Å². The molecule has 7 nitrogen and oxygen atoms in total. The predicted octanol–water partition coefficient (Wildman–Crippen LogP) is 3.96. The average Bonchev–Trinajstić information content (AvgIpc) is 2.78. The molecular formula is C24H29NO6S. The van der Waals surface area contributed by atoms with E-state index in [-0.39, 0.29) is 16.6 Å². The Balaban J connectivity index is 2.50. The Morgan fingerprint density at radius 1 is 1.09 bits per heavy atom. The van der Waals surface area contributed by atoms with Gasteiger partial charge < -0.3 is 14.7 Å². The van der Waals surface area contributed by atoms with Crippen molar-refractivity contribution >= 4 is 27.3 Å². The molecule has 1 atom stereocenters. The Morgan fingerprint density at radius 2 is 1.72 bits per heavy atom. The molecule has 172 valence electrons. The third-order valence-corrected chi connectivity index (χ3v) is 7.36. The Kier molecular flexibility index (Phi) is 8.60. The summed E-state index contributed by atoms with van der Waals surface area (Å²) >= 11 is 0. The van der Waals surface area contributed by atoms with Gasteiger partial charge in [-0.15, -0.1) is 0 Å².